The molecule has 16 heteroatoms. The third-order valence-electron chi connectivity index (χ3n) is 6.95. The molecule has 2 aromatic carbocycles. The maximum Gasteiger partial charge on any atom is 0.216 e. The molecule has 0 atom stereocenters. The predicted octanol–water partition coefficient (Wildman–Crippen LogP) is 5.57. The molecule has 0 aliphatic heterocycles. The fraction of sp³-hybridized carbons (Fsp3) is 0.176. The Labute approximate surface area is 297 Å². The fourth-order valence-electron chi connectivity index (χ4n) is 4.58. The number of aromatic nitrogens is 8. The van der Waals surface area contributed by atoms with Crippen LogP contribution in [0.1, 0.15) is 11.1 Å². The fourth-order valence-corrected chi connectivity index (χ4v) is 4.94. The number of nitrogens with one attached hydrogen (secondary N) is 2. The minimum Gasteiger partial charge on any atom is -0.491 e. The van der Waals surface area contributed by atoms with Gasteiger partial charge in [0.2, 0.25) is 9.54 Å². The molecule has 6 aromatic rings. The zero-order valence-electron chi connectivity index (χ0n) is 26.7. The Morgan fingerprint density at radius 3 is 1.46 bits per heavy atom. The molecule has 0 fully saturated rings. The number of para-hydroxylation sites is 2. The van der Waals surface area contributed by atoms with Crippen molar-refractivity contribution < 1.29 is 18.9 Å². The van der Waals surface area contributed by atoms with Crippen LogP contribution in [0, 0.1) is 9.54 Å². The van der Waals surface area contributed by atoms with Gasteiger partial charge >= 0.3 is 0 Å². The molecule has 0 unspecified atom stereocenters. The molecule has 254 valence electrons. The van der Waals surface area contributed by atoms with E-state index in [1.165, 1.54) is 0 Å². The highest BCUT2D eigenvalue weighted by atomic mass is 32.1. The Kier molecular flexibility index (Phi) is 12.1. The van der Waals surface area contributed by atoms with E-state index in [0.717, 1.165) is 22.3 Å². The summed E-state index contributed by atoms with van der Waals surface area (Å²) in [6.07, 6.45) is 10.1. The van der Waals surface area contributed by atoms with Gasteiger partial charge in [0.15, 0.2) is 11.6 Å². The summed E-state index contributed by atoms with van der Waals surface area (Å²) >= 11 is 10.7. The molecule has 0 saturated heterocycles. The van der Waals surface area contributed by atoms with E-state index in [-0.39, 0.29) is 0 Å². The van der Waals surface area contributed by atoms with Gasteiger partial charge in [0.1, 0.15) is 24.7 Å². The number of H-pyrrole nitrogens is 2. The molecule has 0 bridgehead atoms. The molecule has 14 nitrogen and oxygen atoms in total. The van der Waals surface area contributed by atoms with E-state index in [1.54, 1.807) is 46.6 Å². The van der Waals surface area contributed by atoms with Crippen LogP contribution in [0.4, 0.5) is 0 Å². The number of benzene rings is 2. The van der Waals surface area contributed by atoms with Gasteiger partial charge in [0, 0.05) is 47.0 Å². The van der Waals surface area contributed by atoms with Crippen molar-refractivity contribution >= 4 is 36.9 Å². The zero-order chi connectivity index (χ0) is 34.4. The van der Waals surface area contributed by atoms with Crippen LogP contribution in [0.5, 0.6) is 11.5 Å². The highest BCUT2D eigenvalue weighted by molar-refractivity contribution is 7.71. The van der Waals surface area contributed by atoms with Crippen molar-refractivity contribution in [3.8, 4) is 34.3 Å². The number of rotatable bonds is 17. The average molecular weight is 709 g/mol. The second-order valence-electron chi connectivity index (χ2n) is 10.3. The van der Waals surface area contributed by atoms with Gasteiger partial charge in [0.05, 0.1) is 38.9 Å². The van der Waals surface area contributed by atoms with Crippen LogP contribution in [0.15, 0.2) is 108 Å². The lowest BCUT2D eigenvalue weighted by Gasteiger charge is -2.11. The quantitative estimate of drug-likeness (QED) is 0.0698. The minimum atomic E-state index is 0.353. The first-order valence-corrected chi connectivity index (χ1v) is 16.3. The normalized spacial score (nSPS) is 11.4. The first-order valence-electron chi connectivity index (χ1n) is 15.5. The van der Waals surface area contributed by atoms with Crippen LogP contribution in [0.2, 0.25) is 0 Å². The van der Waals surface area contributed by atoms with Gasteiger partial charge in [-0.2, -0.15) is 29.8 Å². The second kappa shape index (κ2) is 17.6. The predicted molar refractivity (Wildman–Crippen MR) is 193 cm³/mol. The molecule has 0 saturated carbocycles. The maximum atomic E-state index is 5.96. The van der Waals surface area contributed by atoms with E-state index in [4.69, 9.17) is 43.4 Å². The highest BCUT2D eigenvalue weighted by Crippen LogP contribution is 2.20. The van der Waals surface area contributed by atoms with E-state index in [0.29, 0.717) is 72.3 Å². The molecule has 6 rings (SSSR count). The van der Waals surface area contributed by atoms with Gasteiger partial charge in [-0.1, -0.05) is 24.3 Å². The molecule has 4 aromatic heterocycles. The topological polar surface area (TPSA) is 155 Å². The van der Waals surface area contributed by atoms with Crippen molar-refractivity contribution in [2.45, 2.75) is 0 Å². The smallest absolute Gasteiger partial charge is 0.216 e. The summed E-state index contributed by atoms with van der Waals surface area (Å²) in [5.74, 6) is 2.45. The number of nitrogens with zero attached hydrogens (tertiary/aromatic N) is 8. The number of hydrogen-bond donors (Lipinski definition) is 2. The molecule has 2 N–H and O–H groups in total. The highest BCUT2D eigenvalue weighted by Gasteiger charge is 2.10. The van der Waals surface area contributed by atoms with Crippen LogP contribution in [-0.4, -0.2) is 91.8 Å². The summed E-state index contributed by atoms with van der Waals surface area (Å²) in [7, 11) is 0. The van der Waals surface area contributed by atoms with Crippen LogP contribution in [0.3, 0.4) is 0 Å². The molecule has 0 amide bonds. The first-order chi connectivity index (χ1) is 24.7. The van der Waals surface area contributed by atoms with Crippen LogP contribution < -0.4 is 9.47 Å². The molecule has 0 spiro atoms. The molecule has 50 heavy (non-hydrogen) atoms. The molecular weight excluding hydrogens is 677 g/mol. The second-order valence-corrected chi connectivity index (χ2v) is 11.1. The summed E-state index contributed by atoms with van der Waals surface area (Å²) in [5.41, 5.74) is 3.14. The Morgan fingerprint density at radius 1 is 0.580 bits per heavy atom. The summed E-state index contributed by atoms with van der Waals surface area (Å²) < 4.78 is 27.1. The lowest BCUT2D eigenvalue weighted by molar-refractivity contribution is 0.0273. The van der Waals surface area contributed by atoms with E-state index in [2.05, 4.69) is 40.6 Å². The van der Waals surface area contributed by atoms with Crippen molar-refractivity contribution in [2.75, 3.05) is 39.6 Å². The Bertz CT molecular complexity index is 1990. The molecule has 0 aliphatic carbocycles. The number of pyridine rings is 2. The molecule has 0 aliphatic rings. The van der Waals surface area contributed by atoms with Gasteiger partial charge in [-0.15, -0.1) is 0 Å². The summed E-state index contributed by atoms with van der Waals surface area (Å²) in [6.45, 7) is 2.31. The number of hydrogen-bond acceptors (Lipinski definition) is 12. The maximum absolute atomic E-state index is 5.96. The van der Waals surface area contributed by atoms with Gasteiger partial charge < -0.3 is 18.9 Å². The largest absolute Gasteiger partial charge is 0.491 e. The van der Waals surface area contributed by atoms with Crippen LogP contribution in [-0.2, 0) is 9.47 Å². The SMILES string of the molecule is S=c1[nH]nc(-c2cccnc2)n1/N=C/c1ccccc1OCCOCCOCCOc1ccccc1/C=N/n1c(-c2cccnc2)n[nH]c1=S. The summed E-state index contributed by atoms with van der Waals surface area (Å²) in [4.78, 5) is 8.29. The van der Waals surface area contributed by atoms with Crippen molar-refractivity contribution in [3.05, 3.63) is 118 Å². The number of ether oxygens (including phenoxy) is 4. The van der Waals surface area contributed by atoms with E-state index >= 15 is 0 Å². The van der Waals surface area contributed by atoms with Crippen LogP contribution in [0.25, 0.3) is 22.8 Å². The summed E-state index contributed by atoms with van der Waals surface area (Å²) in [6, 6.07) is 22.6. The van der Waals surface area contributed by atoms with Gasteiger partial charge in [-0.3, -0.25) is 9.97 Å². The Balaban J connectivity index is 0.909. The lowest BCUT2D eigenvalue weighted by atomic mass is 10.2. The summed E-state index contributed by atoms with van der Waals surface area (Å²) in [5, 5.41) is 23.2. The van der Waals surface area contributed by atoms with Crippen molar-refractivity contribution in [1.82, 2.24) is 39.7 Å². The number of aromatic amines is 2. The monoisotopic (exact) mass is 708 g/mol. The van der Waals surface area contributed by atoms with Gasteiger partial charge in [-0.25, -0.2) is 10.2 Å². The third-order valence-corrected chi connectivity index (χ3v) is 7.47. The Hall–Kier alpha value is -5.68. The molecule has 4 heterocycles. The van der Waals surface area contributed by atoms with Crippen molar-refractivity contribution in [1.29, 1.82) is 0 Å². The first kappa shape index (κ1) is 34.2. The van der Waals surface area contributed by atoms with E-state index < -0.39 is 0 Å². The van der Waals surface area contributed by atoms with Gasteiger partial charge in [-0.05, 0) is 73.0 Å². The standard InChI is InChI=1S/C34H32N10O4S2/c49-33-41-39-31(27-9-5-13-35-21-27)43(33)37-23-25-7-1-3-11-29(25)47-19-17-45-15-16-46-18-20-48-30-12-4-2-8-26(30)24-38-44-32(40-42-34(44)50)28-10-6-14-36-22-28/h1-14,21-24H,15-20H2,(H,41,49)(H,42,50)/b37-23+,38-24+. The van der Waals surface area contributed by atoms with E-state index in [9.17, 15) is 0 Å². The lowest BCUT2D eigenvalue weighted by Crippen LogP contribution is -2.14. The third kappa shape index (κ3) is 9.06. The minimum absolute atomic E-state index is 0.353. The van der Waals surface area contributed by atoms with Crippen molar-refractivity contribution in [3.63, 3.8) is 0 Å². The molecular formula is C34H32N10O4S2. The zero-order valence-corrected chi connectivity index (χ0v) is 28.3. The van der Waals surface area contributed by atoms with Crippen molar-refractivity contribution in [2.24, 2.45) is 10.2 Å². The average Bonchev–Trinajstić information content (AvgIpc) is 3.72. The van der Waals surface area contributed by atoms with Gasteiger partial charge in [0.25, 0.3) is 0 Å². The van der Waals surface area contributed by atoms with Crippen LogP contribution >= 0.6 is 24.4 Å². The molecule has 0 radical (unpaired) electrons. The van der Waals surface area contributed by atoms with E-state index in [1.807, 2.05) is 72.8 Å². The Morgan fingerprint density at radius 2 is 1.02 bits per heavy atom.